The molecule has 20 heavy (non-hydrogen) atoms. The average Bonchev–Trinajstić information content (AvgIpc) is 2.42. The molecular formula is C12H12F2N4O2. The lowest BCUT2D eigenvalue weighted by atomic mass is 10.2. The molecule has 0 aliphatic rings. The van der Waals surface area contributed by atoms with Gasteiger partial charge in [-0.05, 0) is 18.2 Å². The van der Waals surface area contributed by atoms with Crippen LogP contribution < -0.4 is 16.6 Å². The van der Waals surface area contributed by atoms with Gasteiger partial charge in [-0.15, -0.1) is 5.10 Å². The summed E-state index contributed by atoms with van der Waals surface area (Å²) >= 11 is 0. The standard InChI is InChI=1S/C12H12F2N4O2/c1-17-11(19)10(16-18(2)12(17)20)15-6-7-5-8(13)3-4-9(7)14/h3-5H,6H2,1-2H3,(H,15,16). The lowest BCUT2D eigenvalue weighted by molar-refractivity contribution is 0.585. The number of hydrogen-bond acceptors (Lipinski definition) is 4. The minimum Gasteiger partial charge on any atom is -0.360 e. The van der Waals surface area contributed by atoms with Crippen molar-refractivity contribution in [2.45, 2.75) is 6.54 Å². The first-order valence-electron chi connectivity index (χ1n) is 5.72. The van der Waals surface area contributed by atoms with Crippen LogP contribution in [0, 0.1) is 11.6 Å². The minimum atomic E-state index is -0.634. The predicted molar refractivity (Wildman–Crippen MR) is 68.4 cm³/mol. The van der Waals surface area contributed by atoms with E-state index in [1.165, 1.54) is 14.1 Å². The Bertz CT molecular complexity index is 767. The van der Waals surface area contributed by atoms with E-state index in [-0.39, 0.29) is 17.9 Å². The molecule has 0 bridgehead atoms. The molecule has 0 aliphatic carbocycles. The number of rotatable bonds is 3. The Labute approximate surface area is 112 Å². The Morgan fingerprint density at radius 1 is 1.25 bits per heavy atom. The fraction of sp³-hybridized carbons (Fsp3) is 0.250. The van der Waals surface area contributed by atoms with E-state index >= 15 is 0 Å². The molecule has 0 unspecified atom stereocenters. The number of aryl methyl sites for hydroxylation is 1. The zero-order chi connectivity index (χ0) is 14.9. The van der Waals surface area contributed by atoms with Crippen molar-refractivity contribution in [1.82, 2.24) is 14.3 Å². The van der Waals surface area contributed by atoms with Crippen molar-refractivity contribution in [2.75, 3.05) is 5.32 Å². The number of anilines is 1. The van der Waals surface area contributed by atoms with Crippen LogP contribution in [-0.2, 0) is 20.6 Å². The quantitative estimate of drug-likeness (QED) is 0.883. The van der Waals surface area contributed by atoms with Crippen LogP contribution in [0.15, 0.2) is 27.8 Å². The average molecular weight is 282 g/mol. The highest BCUT2D eigenvalue weighted by Gasteiger charge is 2.10. The van der Waals surface area contributed by atoms with Crippen LogP contribution in [0.1, 0.15) is 5.56 Å². The summed E-state index contributed by atoms with van der Waals surface area (Å²) in [6.07, 6.45) is 0. The molecule has 1 N–H and O–H groups in total. The molecule has 2 aromatic rings. The van der Waals surface area contributed by atoms with Crippen LogP contribution in [-0.4, -0.2) is 14.3 Å². The van der Waals surface area contributed by atoms with Crippen molar-refractivity contribution in [1.29, 1.82) is 0 Å². The van der Waals surface area contributed by atoms with Crippen LogP contribution in [0.3, 0.4) is 0 Å². The van der Waals surface area contributed by atoms with Crippen LogP contribution >= 0.6 is 0 Å². The molecule has 1 aromatic heterocycles. The topological polar surface area (TPSA) is 68.9 Å². The number of aromatic nitrogens is 3. The van der Waals surface area contributed by atoms with E-state index in [1.54, 1.807) is 0 Å². The molecule has 0 aliphatic heterocycles. The Morgan fingerprint density at radius 2 is 1.95 bits per heavy atom. The molecule has 0 amide bonds. The van der Waals surface area contributed by atoms with Crippen molar-refractivity contribution < 1.29 is 8.78 Å². The molecular weight excluding hydrogens is 270 g/mol. The zero-order valence-corrected chi connectivity index (χ0v) is 10.9. The molecule has 1 aromatic carbocycles. The summed E-state index contributed by atoms with van der Waals surface area (Å²) in [6, 6.07) is 3.02. The van der Waals surface area contributed by atoms with Gasteiger partial charge in [-0.2, -0.15) is 0 Å². The van der Waals surface area contributed by atoms with E-state index in [0.717, 1.165) is 27.4 Å². The number of nitrogens with zero attached hydrogens (tertiary/aromatic N) is 3. The van der Waals surface area contributed by atoms with Crippen LogP contribution in [0.4, 0.5) is 14.6 Å². The summed E-state index contributed by atoms with van der Waals surface area (Å²) in [5, 5.41) is 6.34. The second-order valence-electron chi connectivity index (χ2n) is 4.21. The molecule has 0 saturated heterocycles. The summed E-state index contributed by atoms with van der Waals surface area (Å²) in [4.78, 5) is 23.2. The summed E-state index contributed by atoms with van der Waals surface area (Å²) in [6.45, 7) is -0.121. The number of benzene rings is 1. The van der Waals surface area contributed by atoms with Gasteiger partial charge in [0, 0.05) is 26.2 Å². The van der Waals surface area contributed by atoms with Gasteiger partial charge >= 0.3 is 5.69 Å². The van der Waals surface area contributed by atoms with Gasteiger partial charge in [0.2, 0.25) is 5.82 Å². The fourth-order valence-electron chi connectivity index (χ4n) is 1.67. The largest absolute Gasteiger partial charge is 0.360 e. The van der Waals surface area contributed by atoms with Gasteiger partial charge in [-0.3, -0.25) is 9.36 Å². The smallest absolute Gasteiger partial charge is 0.346 e. The van der Waals surface area contributed by atoms with Crippen LogP contribution in [0.2, 0.25) is 0 Å². The molecule has 0 radical (unpaired) electrons. The zero-order valence-electron chi connectivity index (χ0n) is 10.9. The summed E-state index contributed by atoms with van der Waals surface area (Å²) in [7, 11) is 2.69. The monoisotopic (exact) mass is 282 g/mol. The van der Waals surface area contributed by atoms with Gasteiger partial charge in [0.05, 0.1) is 0 Å². The van der Waals surface area contributed by atoms with Gasteiger partial charge in [-0.1, -0.05) is 0 Å². The maximum absolute atomic E-state index is 13.4. The molecule has 0 atom stereocenters. The predicted octanol–water partition coefficient (Wildman–Crippen LogP) is 0.369. The van der Waals surface area contributed by atoms with Crippen molar-refractivity contribution in [3.8, 4) is 0 Å². The summed E-state index contributed by atoms with van der Waals surface area (Å²) in [5.41, 5.74) is -1.15. The van der Waals surface area contributed by atoms with E-state index in [0.29, 0.717) is 0 Å². The lowest BCUT2D eigenvalue weighted by Crippen LogP contribution is -2.39. The molecule has 106 valence electrons. The molecule has 0 spiro atoms. The van der Waals surface area contributed by atoms with Gasteiger partial charge < -0.3 is 5.32 Å². The number of halogens is 2. The first kappa shape index (κ1) is 13.9. The summed E-state index contributed by atoms with van der Waals surface area (Å²) < 4.78 is 28.3. The Balaban J connectivity index is 2.30. The molecule has 2 rings (SSSR count). The molecule has 0 saturated carbocycles. The number of hydrogen-bond donors (Lipinski definition) is 1. The number of nitrogens with one attached hydrogen (secondary N) is 1. The van der Waals surface area contributed by atoms with Crippen LogP contribution in [0.25, 0.3) is 0 Å². The van der Waals surface area contributed by atoms with E-state index in [2.05, 4.69) is 10.4 Å². The maximum Gasteiger partial charge on any atom is 0.346 e. The third kappa shape index (κ3) is 2.58. The molecule has 1 heterocycles. The lowest BCUT2D eigenvalue weighted by Gasteiger charge is -2.08. The SMILES string of the molecule is Cn1nc(NCc2cc(F)ccc2F)c(=O)n(C)c1=O. The van der Waals surface area contributed by atoms with Crippen LogP contribution in [0.5, 0.6) is 0 Å². The van der Waals surface area contributed by atoms with Crippen molar-refractivity contribution in [3.05, 3.63) is 56.2 Å². The third-order valence-electron chi connectivity index (χ3n) is 2.78. The Kier molecular flexibility index (Phi) is 3.64. The van der Waals surface area contributed by atoms with Gasteiger partial charge in [-0.25, -0.2) is 18.3 Å². The fourth-order valence-corrected chi connectivity index (χ4v) is 1.67. The first-order chi connectivity index (χ1) is 9.40. The maximum atomic E-state index is 13.4. The highest BCUT2D eigenvalue weighted by Crippen LogP contribution is 2.10. The van der Waals surface area contributed by atoms with E-state index in [4.69, 9.17) is 0 Å². The van der Waals surface area contributed by atoms with Crippen molar-refractivity contribution >= 4 is 5.82 Å². The molecule has 8 heteroatoms. The van der Waals surface area contributed by atoms with Gasteiger partial charge in [0.15, 0.2) is 0 Å². The van der Waals surface area contributed by atoms with Crippen molar-refractivity contribution in [2.24, 2.45) is 14.1 Å². The highest BCUT2D eigenvalue weighted by atomic mass is 19.1. The van der Waals surface area contributed by atoms with E-state index in [1.807, 2.05) is 0 Å². The third-order valence-corrected chi connectivity index (χ3v) is 2.78. The second kappa shape index (κ2) is 5.24. The second-order valence-corrected chi connectivity index (χ2v) is 4.21. The highest BCUT2D eigenvalue weighted by molar-refractivity contribution is 5.32. The minimum absolute atomic E-state index is 0.0581. The molecule has 6 nitrogen and oxygen atoms in total. The Morgan fingerprint density at radius 3 is 2.65 bits per heavy atom. The van der Waals surface area contributed by atoms with Gasteiger partial charge in [0.1, 0.15) is 11.6 Å². The van der Waals surface area contributed by atoms with Crippen molar-refractivity contribution in [3.63, 3.8) is 0 Å². The normalized spacial score (nSPS) is 10.6. The first-order valence-corrected chi connectivity index (χ1v) is 5.72. The van der Waals surface area contributed by atoms with E-state index < -0.39 is 22.9 Å². The van der Waals surface area contributed by atoms with Gasteiger partial charge in [0.25, 0.3) is 5.56 Å². The molecule has 0 fully saturated rings. The summed E-state index contributed by atoms with van der Waals surface area (Å²) in [5.74, 6) is -1.29. The van der Waals surface area contributed by atoms with E-state index in [9.17, 15) is 18.4 Å². The Hall–Kier alpha value is -2.51.